The third-order valence-corrected chi connectivity index (χ3v) is 3.57. The molecule has 0 amide bonds. The summed E-state index contributed by atoms with van der Waals surface area (Å²) in [7, 11) is 0. The third kappa shape index (κ3) is 3.73. The Morgan fingerprint density at radius 1 is 1.10 bits per heavy atom. The number of nitrogens with one attached hydrogen (secondary N) is 2. The number of carbonyl (C=O) groups excluding carboxylic acids is 1. The van der Waals surface area contributed by atoms with Crippen molar-refractivity contribution in [2.75, 3.05) is 5.43 Å². The van der Waals surface area contributed by atoms with Gasteiger partial charge in [0.2, 0.25) is 0 Å². The Morgan fingerprint density at radius 3 is 2.48 bits per heavy atom. The SMILES string of the molecule is N#CC(NNc1cccc(Cl)c1Cl)C(=O)c1ccccc1. The number of nitrogens with zero attached hydrogens (tertiary/aromatic N) is 1. The van der Waals surface area contributed by atoms with Gasteiger partial charge in [-0.1, -0.05) is 59.6 Å². The zero-order valence-corrected chi connectivity index (χ0v) is 12.3. The summed E-state index contributed by atoms with van der Waals surface area (Å²) in [6.07, 6.45) is 0. The Bertz CT molecular complexity index is 683. The summed E-state index contributed by atoms with van der Waals surface area (Å²) >= 11 is 11.9. The first kappa shape index (κ1) is 15.3. The molecule has 0 spiro atoms. The molecule has 0 aliphatic heterocycles. The molecule has 0 bridgehead atoms. The summed E-state index contributed by atoms with van der Waals surface area (Å²) in [5.74, 6) is -0.330. The van der Waals surface area contributed by atoms with E-state index in [1.165, 1.54) is 0 Å². The molecule has 106 valence electrons. The predicted molar refractivity (Wildman–Crippen MR) is 83.4 cm³/mol. The van der Waals surface area contributed by atoms with Crippen LogP contribution in [0.1, 0.15) is 10.4 Å². The molecular formula is C15H11Cl2N3O. The Morgan fingerprint density at radius 2 is 1.81 bits per heavy atom. The van der Waals surface area contributed by atoms with Gasteiger partial charge in [-0.25, -0.2) is 5.43 Å². The van der Waals surface area contributed by atoms with E-state index in [4.69, 9.17) is 28.5 Å². The maximum absolute atomic E-state index is 12.2. The van der Waals surface area contributed by atoms with E-state index in [9.17, 15) is 4.79 Å². The Balaban J connectivity index is 2.09. The summed E-state index contributed by atoms with van der Waals surface area (Å²) in [6.45, 7) is 0. The fourth-order valence-electron chi connectivity index (χ4n) is 1.68. The van der Waals surface area contributed by atoms with Crippen molar-refractivity contribution in [1.29, 1.82) is 5.26 Å². The van der Waals surface area contributed by atoms with Crippen LogP contribution in [-0.2, 0) is 0 Å². The molecule has 0 aliphatic carbocycles. The fourth-order valence-corrected chi connectivity index (χ4v) is 2.02. The molecule has 2 rings (SSSR count). The van der Waals surface area contributed by atoms with Crippen molar-refractivity contribution in [3.8, 4) is 6.07 Å². The highest BCUT2D eigenvalue weighted by Crippen LogP contribution is 2.28. The van der Waals surface area contributed by atoms with Gasteiger partial charge in [-0.05, 0) is 12.1 Å². The quantitative estimate of drug-likeness (QED) is 0.651. The van der Waals surface area contributed by atoms with Crippen molar-refractivity contribution < 1.29 is 4.79 Å². The predicted octanol–water partition coefficient (Wildman–Crippen LogP) is 3.68. The smallest absolute Gasteiger partial charge is 0.195 e. The van der Waals surface area contributed by atoms with E-state index >= 15 is 0 Å². The van der Waals surface area contributed by atoms with Crippen molar-refractivity contribution in [1.82, 2.24) is 5.43 Å². The van der Waals surface area contributed by atoms with Gasteiger partial charge >= 0.3 is 0 Å². The van der Waals surface area contributed by atoms with Crippen LogP contribution in [0.3, 0.4) is 0 Å². The number of rotatable bonds is 5. The lowest BCUT2D eigenvalue weighted by Crippen LogP contribution is -2.39. The van der Waals surface area contributed by atoms with Crippen molar-refractivity contribution in [2.45, 2.75) is 6.04 Å². The van der Waals surface area contributed by atoms with Gasteiger partial charge in [0, 0.05) is 5.56 Å². The normalized spacial score (nSPS) is 11.5. The highest BCUT2D eigenvalue weighted by atomic mass is 35.5. The van der Waals surface area contributed by atoms with E-state index in [1.807, 2.05) is 6.07 Å². The molecule has 0 saturated heterocycles. The lowest BCUT2D eigenvalue weighted by Gasteiger charge is -2.14. The number of hydrazine groups is 1. The number of hydrogen-bond acceptors (Lipinski definition) is 4. The van der Waals surface area contributed by atoms with Crippen LogP contribution in [0, 0.1) is 11.3 Å². The summed E-state index contributed by atoms with van der Waals surface area (Å²) in [4.78, 5) is 12.2. The van der Waals surface area contributed by atoms with E-state index in [-0.39, 0.29) is 5.78 Å². The molecule has 1 unspecified atom stereocenters. The number of nitriles is 1. The van der Waals surface area contributed by atoms with Crippen LogP contribution in [0.25, 0.3) is 0 Å². The lowest BCUT2D eigenvalue weighted by atomic mass is 10.1. The maximum Gasteiger partial charge on any atom is 0.195 e. The van der Waals surface area contributed by atoms with Gasteiger partial charge < -0.3 is 5.43 Å². The summed E-state index contributed by atoms with van der Waals surface area (Å²) in [5.41, 5.74) is 6.34. The molecule has 0 heterocycles. The molecule has 0 saturated carbocycles. The number of carbonyl (C=O) groups is 1. The van der Waals surface area contributed by atoms with Gasteiger partial charge in [-0.2, -0.15) is 5.26 Å². The number of anilines is 1. The van der Waals surface area contributed by atoms with Gasteiger partial charge in [0.15, 0.2) is 11.8 Å². The number of ketones is 1. The second kappa shape index (κ2) is 7.09. The molecule has 6 heteroatoms. The van der Waals surface area contributed by atoms with Crippen molar-refractivity contribution >= 4 is 34.7 Å². The average molecular weight is 320 g/mol. The highest BCUT2D eigenvalue weighted by molar-refractivity contribution is 6.43. The topological polar surface area (TPSA) is 64.9 Å². The standard InChI is InChI=1S/C15H11Cl2N3O/c16-11-7-4-8-12(14(11)17)19-20-13(9-18)15(21)10-5-2-1-3-6-10/h1-8,13,19-20H. The van der Waals surface area contributed by atoms with Gasteiger partial charge in [0.25, 0.3) is 0 Å². The van der Waals surface area contributed by atoms with E-state index in [2.05, 4.69) is 10.9 Å². The maximum atomic E-state index is 12.2. The average Bonchev–Trinajstić information content (AvgIpc) is 2.52. The number of halogens is 2. The van der Waals surface area contributed by atoms with Crippen molar-refractivity contribution in [2.24, 2.45) is 0 Å². The van der Waals surface area contributed by atoms with E-state index < -0.39 is 6.04 Å². The minimum Gasteiger partial charge on any atom is -0.318 e. The highest BCUT2D eigenvalue weighted by Gasteiger charge is 2.19. The molecule has 0 aliphatic rings. The molecule has 1 atom stereocenters. The molecule has 2 N–H and O–H groups in total. The molecule has 21 heavy (non-hydrogen) atoms. The molecular weight excluding hydrogens is 309 g/mol. The zero-order valence-electron chi connectivity index (χ0n) is 10.8. The van der Waals surface area contributed by atoms with Crippen LogP contribution in [0.5, 0.6) is 0 Å². The van der Waals surface area contributed by atoms with Crippen molar-refractivity contribution in [3.63, 3.8) is 0 Å². The Labute approximate surface area is 132 Å². The number of benzene rings is 2. The molecule has 0 aromatic heterocycles. The Hall–Kier alpha value is -2.06. The minimum atomic E-state index is -1.04. The molecule has 0 radical (unpaired) electrons. The minimum absolute atomic E-state index is 0.315. The monoisotopic (exact) mass is 319 g/mol. The summed E-state index contributed by atoms with van der Waals surface area (Å²) in [6, 6.07) is 14.5. The number of Topliss-reactive ketones (excluding diaryl/α,β-unsaturated/α-hetero) is 1. The van der Waals surface area contributed by atoms with Crippen molar-refractivity contribution in [3.05, 3.63) is 64.1 Å². The summed E-state index contributed by atoms with van der Waals surface area (Å²) < 4.78 is 0. The van der Waals surface area contributed by atoms with Gasteiger partial charge in [-0.3, -0.25) is 4.79 Å². The second-order valence-corrected chi connectivity index (χ2v) is 4.95. The van der Waals surface area contributed by atoms with Crippen LogP contribution in [0.15, 0.2) is 48.5 Å². The molecule has 4 nitrogen and oxygen atoms in total. The fraction of sp³-hybridized carbons (Fsp3) is 0.0667. The third-order valence-electron chi connectivity index (χ3n) is 2.75. The van der Waals surface area contributed by atoms with Crippen LogP contribution in [0.4, 0.5) is 5.69 Å². The van der Waals surface area contributed by atoms with Crippen LogP contribution >= 0.6 is 23.2 Å². The largest absolute Gasteiger partial charge is 0.318 e. The second-order valence-electron chi connectivity index (χ2n) is 4.16. The molecule has 2 aromatic carbocycles. The van der Waals surface area contributed by atoms with E-state index in [0.29, 0.717) is 21.3 Å². The van der Waals surface area contributed by atoms with Gasteiger partial charge in [0.1, 0.15) is 0 Å². The first-order valence-corrected chi connectivity index (χ1v) is 6.83. The van der Waals surface area contributed by atoms with Crippen LogP contribution in [-0.4, -0.2) is 11.8 Å². The van der Waals surface area contributed by atoms with Gasteiger partial charge in [-0.15, -0.1) is 0 Å². The zero-order chi connectivity index (χ0) is 15.2. The van der Waals surface area contributed by atoms with Crippen LogP contribution in [0.2, 0.25) is 10.0 Å². The van der Waals surface area contributed by atoms with Gasteiger partial charge in [0.05, 0.1) is 21.8 Å². The molecule has 0 fully saturated rings. The molecule has 2 aromatic rings. The lowest BCUT2D eigenvalue weighted by molar-refractivity contribution is 0.0969. The first-order valence-electron chi connectivity index (χ1n) is 6.08. The summed E-state index contributed by atoms with van der Waals surface area (Å²) in [5, 5.41) is 9.82. The van der Waals surface area contributed by atoms with Crippen LogP contribution < -0.4 is 10.9 Å². The first-order chi connectivity index (χ1) is 10.1. The van der Waals surface area contributed by atoms with E-state index in [0.717, 1.165) is 0 Å². The Kier molecular flexibility index (Phi) is 5.18. The number of hydrogen-bond donors (Lipinski definition) is 2. The van der Waals surface area contributed by atoms with E-state index in [1.54, 1.807) is 48.5 Å².